The summed E-state index contributed by atoms with van der Waals surface area (Å²) in [6.45, 7) is 6.02. The zero-order valence-corrected chi connectivity index (χ0v) is 8.24. The van der Waals surface area contributed by atoms with E-state index in [0.29, 0.717) is 6.61 Å². The molecular formula is C9H16O4. The van der Waals surface area contributed by atoms with Crippen molar-refractivity contribution in [3.8, 4) is 0 Å². The number of carboxylic acid groups (broad SMARTS) is 1. The monoisotopic (exact) mass is 188 g/mol. The zero-order chi connectivity index (χ0) is 10.3. The minimum atomic E-state index is -0.923. The van der Waals surface area contributed by atoms with E-state index in [1.165, 1.54) is 13.0 Å². The van der Waals surface area contributed by atoms with E-state index in [2.05, 4.69) is 0 Å². The second-order valence-corrected chi connectivity index (χ2v) is 2.55. The third-order valence-corrected chi connectivity index (χ3v) is 1.46. The van der Waals surface area contributed by atoms with Crippen molar-refractivity contribution in [2.24, 2.45) is 0 Å². The Morgan fingerprint density at radius 3 is 2.62 bits per heavy atom. The quantitative estimate of drug-likeness (QED) is 0.506. The fourth-order valence-electron chi connectivity index (χ4n) is 0.679. The predicted octanol–water partition coefficient (Wildman–Crippen LogP) is 1.42. The number of aliphatic carboxylic acids is 1. The first kappa shape index (κ1) is 12.1. The molecule has 0 spiro atoms. The van der Waals surface area contributed by atoms with Gasteiger partial charge in [0.25, 0.3) is 0 Å². The highest BCUT2D eigenvalue weighted by Crippen LogP contribution is 1.96. The van der Waals surface area contributed by atoms with E-state index in [1.54, 1.807) is 6.92 Å². The summed E-state index contributed by atoms with van der Waals surface area (Å²) in [5, 5.41) is 8.50. The van der Waals surface area contributed by atoms with Crippen LogP contribution in [0.4, 0.5) is 0 Å². The Morgan fingerprint density at radius 1 is 1.54 bits per heavy atom. The highest BCUT2D eigenvalue weighted by atomic mass is 16.7. The van der Waals surface area contributed by atoms with E-state index in [0.717, 1.165) is 0 Å². The molecule has 1 N–H and O–H groups in total. The summed E-state index contributed by atoms with van der Waals surface area (Å²) in [7, 11) is 0. The molecule has 1 unspecified atom stereocenters. The molecule has 0 heterocycles. The summed E-state index contributed by atoms with van der Waals surface area (Å²) in [5.74, 6) is -0.923. The molecule has 4 nitrogen and oxygen atoms in total. The third-order valence-electron chi connectivity index (χ3n) is 1.46. The maximum Gasteiger partial charge on any atom is 0.331 e. The first-order valence-electron chi connectivity index (χ1n) is 4.21. The van der Waals surface area contributed by atoms with Crippen LogP contribution in [-0.4, -0.2) is 30.6 Å². The Hall–Kier alpha value is -0.870. The Kier molecular flexibility index (Phi) is 6.18. The molecule has 0 aliphatic rings. The van der Waals surface area contributed by atoms with Crippen LogP contribution >= 0.6 is 0 Å². The lowest BCUT2D eigenvalue weighted by Crippen LogP contribution is -2.13. The van der Waals surface area contributed by atoms with Gasteiger partial charge in [-0.25, -0.2) is 4.79 Å². The van der Waals surface area contributed by atoms with Crippen molar-refractivity contribution in [3.63, 3.8) is 0 Å². The molecule has 0 bridgehead atoms. The second kappa shape index (κ2) is 6.62. The molecule has 0 aromatic carbocycles. The van der Waals surface area contributed by atoms with Crippen molar-refractivity contribution in [2.45, 2.75) is 27.1 Å². The molecule has 0 aliphatic carbocycles. The third kappa shape index (κ3) is 6.31. The summed E-state index contributed by atoms with van der Waals surface area (Å²) in [4.78, 5) is 10.3. The van der Waals surface area contributed by atoms with Crippen LogP contribution in [0, 0.1) is 0 Å². The highest BCUT2D eigenvalue weighted by Gasteiger charge is 2.01. The number of hydrogen-bond acceptors (Lipinski definition) is 3. The van der Waals surface area contributed by atoms with Crippen molar-refractivity contribution >= 4 is 5.97 Å². The van der Waals surface area contributed by atoms with Gasteiger partial charge in [0, 0.05) is 12.2 Å². The van der Waals surface area contributed by atoms with Gasteiger partial charge in [0.2, 0.25) is 0 Å². The molecule has 0 aliphatic heterocycles. The average Bonchev–Trinajstić information content (AvgIpc) is 2.04. The van der Waals surface area contributed by atoms with E-state index in [1.807, 2.05) is 6.92 Å². The molecule has 0 amide bonds. The average molecular weight is 188 g/mol. The zero-order valence-electron chi connectivity index (χ0n) is 8.24. The van der Waals surface area contributed by atoms with E-state index in [-0.39, 0.29) is 18.5 Å². The summed E-state index contributed by atoms with van der Waals surface area (Å²) in [6.07, 6.45) is 1.22. The SMILES string of the molecule is CCOC(C)OCC=C(C)C(=O)O. The number of ether oxygens (including phenoxy) is 2. The van der Waals surface area contributed by atoms with Crippen LogP contribution in [0.3, 0.4) is 0 Å². The van der Waals surface area contributed by atoms with Crippen molar-refractivity contribution in [1.82, 2.24) is 0 Å². The van der Waals surface area contributed by atoms with Gasteiger partial charge in [0.05, 0.1) is 6.61 Å². The molecule has 0 aromatic rings. The number of rotatable bonds is 6. The van der Waals surface area contributed by atoms with Crippen LogP contribution in [0.25, 0.3) is 0 Å². The topological polar surface area (TPSA) is 55.8 Å². The number of hydrogen-bond donors (Lipinski definition) is 1. The maximum absolute atomic E-state index is 10.3. The number of carbonyl (C=O) groups is 1. The Balaban J connectivity index is 3.65. The largest absolute Gasteiger partial charge is 0.478 e. The first-order chi connectivity index (χ1) is 6.07. The van der Waals surface area contributed by atoms with E-state index < -0.39 is 5.97 Å². The van der Waals surface area contributed by atoms with Gasteiger partial charge in [0.15, 0.2) is 6.29 Å². The smallest absolute Gasteiger partial charge is 0.331 e. The van der Waals surface area contributed by atoms with Crippen molar-refractivity contribution in [3.05, 3.63) is 11.6 Å². The molecule has 0 rings (SSSR count). The van der Waals surface area contributed by atoms with Crippen molar-refractivity contribution in [2.75, 3.05) is 13.2 Å². The lowest BCUT2D eigenvalue weighted by molar-refractivity contribution is -0.133. The van der Waals surface area contributed by atoms with Crippen LogP contribution in [0.2, 0.25) is 0 Å². The van der Waals surface area contributed by atoms with Gasteiger partial charge in [-0.15, -0.1) is 0 Å². The van der Waals surface area contributed by atoms with Crippen LogP contribution < -0.4 is 0 Å². The van der Waals surface area contributed by atoms with Gasteiger partial charge in [-0.1, -0.05) is 0 Å². The normalized spacial score (nSPS) is 14.2. The van der Waals surface area contributed by atoms with Gasteiger partial charge in [-0.05, 0) is 26.8 Å². The molecule has 0 fully saturated rings. The molecule has 0 saturated carbocycles. The Morgan fingerprint density at radius 2 is 2.15 bits per heavy atom. The summed E-state index contributed by atoms with van der Waals surface area (Å²) < 4.78 is 10.2. The Labute approximate surface area is 78.2 Å². The van der Waals surface area contributed by atoms with Crippen LogP contribution in [-0.2, 0) is 14.3 Å². The van der Waals surface area contributed by atoms with Gasteiger partial charge < -0.3 is 14.6 Å². The fraction of sp³-hybridized carbons (Fsp3) is 0.667. The standard InChI is InChI=1S/C9H16O4/c1-4-12-8(3)13-6-5-7(2)9(10)11/h5,8H,4,6H2,1-3H3,(H,10,11). The summed E-state index contributed by atoms with van der Waals surface area (Å²) >= 11 is 0. The minimum Gasteiger partial charge on any atom is -0.478 e. The van der Waals surface area contributed by atoms with Crippen LogP contribution in [0.1, 0.15) is 20.8 Å². The molecular weight excluding hydrogens is 172 g/mol. The molecule has 0 aromatic heterocycles. The molecule has 4 heteroatoms. The fourth-order valence-corrected chi connectivity index (χ4v) is 0.679. The van der Waals surface area contributed by atoms with E-state index in [9.17, 15) is 4.79 Å². The minimum absolute atomic E-state index is 0.263. The van der Waals surface area contributed by atoms with Gasteiger partial charge >= 0.3 is 5.97 Å². The summed E-state index contributed by atoms with van der Waals surface area (Å²) in [6, 6.07) is 0. The Bertz CT molecular complexity index is 186. The molecule has 13 heavy (non-hydrogen) atoms. The van der Waals surface area contributed by atoms with Crippen LogP contribution in [0.5, 0.6) is 0 Å². The van der Waals surface area contributed by atoms with Gasteiger partial charge in [0.1, 0.15) is 0 Å². The first-order valence-corrected chi connectivity index (χ1v) is 4.21. The lowest BCUT2D eigenvalue weighted by Gasteiger charge is -2.10. The van der Waals surface area contributed by atoms with Crippen molar-refractivity contribution in [1.29, 1.82) is 0 Å². The van der Waals surface area contributed by atoms with E-state index >= 15 is 0 Å². The lowest BCUT2D eigenvalue weighted by atomic mass is 10.3. The molecule has 76 valence electrons. The van der Waals surface area contributed by atoms with Gasteiger partial charge in [-0.2, -0.15) is 0 Å². The van der Waals surface area contributed by atoms with Crippen LogP contribution in [0.15, 0.2) is 11.6 Å². The maximum atomic E-state index is 10.3. The molecule has 0 saturated heterocycles. The van der Waals surface area contributed by atoms with Crippen molar-refractivity contribution < 1.29 is 19.4 Å². The highest BCUT2D eigenvalue weighted by molar-refractivity contribution is 5.85. The number of carboxylic acids is 1. The molecule has 0 radical (unpaired) electrons. The molecule has 1 atom stereocenters. The second-order valence-electron chi connectivity index (χ2n) is 2.55. The predicted molar refractivity (Wildman–Crippen MR) is 48.4 cm³/mol. The van der Waals surface area contributed by atoms with Gasteiger partial charge in [-0.3, -0.25) is 0 Å². The summed E-state index contributed by atoms with van der Waals surface area (Å²) in [5.41, 5.74) is 0.281. The van der Waals surface area contributed by atoms with E-state index in [4.69, 9.17) is 14.6 Å².